The number of amides is 3. The Morgan fingerprint density at radius 1 is 1.22 bits per heavy atom. The van der Waals surface area contributed by atoms with Crippen molar-refractivity contribution in [2.24, 2.45) is 5.73 Å². The average molecular weight is 399 g/mol. The van der Waals surface area contributed by atoms with Gasteiger partial charge < -0.3 is 26.0 Å². The van der Waals surface area contributed by atoms with E-state index in [9.17, 15) is 14.4 Å². The third-order valence-corrected chi connectivity index (χ3v) is 5.30. The molecule has 0 unspecified atom stereocenters. The number of ether oxygens (including phenoxy) is 1. The molecule has 1 atom stereocenters. The number of carbonyl (C=O) groups excluding carboxylic acids is 2. The van der Waals surface area contributed by atoms with E-state index in [0.717, 1.165) is 25.7 Å². The Morgan fingerprint density at radius 3 is 2.56 bits per heavy atom. The quantitative estimate of drug-likeness (QED) is 0.588. The Morgan fingerprint density at radius 2 is 1.89 bits per heavy atom. The summed E-state index contributed by atoms with van der Waals surface area (Å²) in [6, 6.07) is -0.438. The first-order valence-corrected chi connectivity index (χ1v) is 9.31. The standard InChI is InChI=1S/C16H23ClN6O4/c17-13-12(7-19-22-14(13)24)23-6-5-11(8-23)27-16(26)21-10-3-1-9(2-4-10)20-15(18)25/h7,9-11H,1-6,8H2,(H,21,26)(H,22,24)(H3,18,20,25)/t9?,10?,11-/m1/s1. The van der Waals surface area contributed by atoms with E-state index in [1.54, 1.807) is 0 Å². The molecule has 2 fully saturated rings. The van der Waals surface area contributed by atoms with Gasteiger partial charge in [0.05, 0.1) is 18.4 Å². The van der Waals surface area contributed by atoms with Crippen LogP contribution in [0.5, 0.6) is 0 Å². The minimum absolute atomic E-state index is 0.0206. The molecule has 11 heteroatoms. The van der Waals surface area contributed by atoms with Crippen molar-refractivity contribution in [3.63, 3.8) is 0 Å². The molecule has 3 amide bonds. The van der Waals surface area contributed by atoms with Crippen LogP contribution < -0.4 is 26.8 Å². The lowest BCUT2D eigenvalue weighted by Crippen LogP contribution is -2.45. The maximum absolute atomic E-state index is 12.2. The number of primary amides is 1. The summed E-state index contributed by atoms with van der Waals surface area (Å²) < 4.78 is 5.50. The fourth-order valence-electron chi connectivity index (χ4n) is 3.57. The van der Waals surface area contributed by atoms with Crippen molar-refractivity contribution in [2.45, 2.75) is 50.3 Å². The molecule has 1 aromatic heterocycles. The second kappa shape index (κ2) is 8.47. The van der Waals surface area contributed by atoms with Crippen LogP contribution in [0.4, 0.5) is 15.3 Å². The highest BCUT2D eigenvalue weighted by Gasteiger charge is 2.29. The molecule has 1 saturated heterocycles. The highest BCUT2D eigenvalue weighted by Crippen LogP contribution is 2.26. The van der Waals surface area contributed by atoms with Crippen LogP contribution in [0.3, 0.4) is 0 Å². The summed E-state index contributed by atoms with van der Waals surface area (Å²) in [5.74, 6) is 0. The largest absolute Gasteiger partial charge is 0.444 e. The summed E-state index contributed by atoms with van der Waals surface area (Å²) >= 11 is 6.02. The van der Waals surface area contributed by atoms with Crippen molar-refractivity contribution >= 4 is 29.4 Å². The van der Waals surface area contributed by atoms with Gasteiger partial charge in [-0.2, -0.15) is 5.10 Å². The molecular formula is C16H23ClN6O4. The van der Waals surface area contributed by atoms with Gasteiger partial charge in [-0.25, -0.2) is 14.7 Å². The third-order valence-electron chi connectivity index (χ3n) is 4.93. The van der Waals surface area contributed by atoms with E-state index in [0.29, 0.717) is 25.2 Å². The van der Waals surface area contributed by atoms with Gasteiger partial charge in [-0.1, -0.05) is 11.6 Å². The molecule has 1 saturated carbocycles. The molecule has 10 nitrogen and oxygen atoms in total. The topological polar surface area (TPSA) is 142 Å². The zero-order valence-electron chi connectivity index (χ0n) is 14.7. The van der Waals surface area contributed by atoms with E-state index in [2.05, 4.69) is 20.8 Å². The summed E-state index contributed by atoms with van der Waals surface area (Å²) in [7, 11) is 0. The molecule has 1 aromatic rings. The number of urea groups is 1. The van der Waals surface area contributed by atoms with Gasteiger partial charge >= 0.3 is 12.1 Å². The Balaban J connectivity index is 1.44. The first kappa shape index (κ1) is 19.3. The average Bonchev–Trinajstić information content (AvgIpc) is 3.06. The third kappa shape index (κ3) is 5.03. The van der Waals surface area contributed by atoms with Gasteiger partial charge in [0, 0.05) is 25.0 Å². The number of anilines is 1. The maximum Gasteiger partial charge on any atom is 0.407 e. The first-order valence-electron chi connectivity index (χ1n) is 8.93. The van der Waals surface area contributed by atoms with Crippen molar-refractivity contribution < 1.29 is 14.3 Å². The van der Waals surface area contributed by atoms with Gasteiger partial charge in [-0.05, 0) is 25.7 Å². The molecule has 0 radical (unpaired) electrons. The Hall–Kier alpha value is -2.49. The molecule has 3 rings (SSSR count). The summed E-state index contributed by atoms with van der Waals surface area (Å²) in [6.07, 6.45) is 4.43. The van der Waals surface area contributed by atoms with Gasteiger partial charge in [0.2, 0.25) is 0 Å². The molecule has 2 heterocycles. The number of alkyl carbamates (subject to hydrolysis) is 1. The normalized spacial score (nSPS) is 25.1. The summed E-state index contributed by atoms with van der Waals surface area (Å²) in [4.78, 5) is 36.5. The smallest absolute Gasteiger partial charge is 0.407 e. The predicted molar refractivity (Wildman–Crippen MR) is 98.9 cm³/mol. The molecule has 1 aliphatic carbocycles. The van der Waals surface area contributed by atoms with Crippen molar-refractivity contribution in [3.8, 4) is 0 Å². The first-order chi connectivity index (χ1) is 12.9. The predicted octanol–water partition coefficient (Wildman–Crippen LogP) is 0.708. The van der Waals surface area contributed by atoms with Gasteiger partial charge in [-0.15, -0.1) is 0 Å². The molecule has 0 spiro atoms. The molecule has 5 N–H and O–H groups in total. The number of nitrogens with one attached hydrogen (secondary N) is 3. The van der Waals surface area contributed by atoms with Gasteiger partial charge in [0.25, 0.3) is 5.56 Å². The molecule has 148 valence electrons. The molecule has 2 aliphatic rings. The van der Waals surface area contributed by atoms with Crippen LogP contribution in [-0.4, -0.2) is 53.6 Å². The molecule has 0 aromatic carbocycles. The van der Waals surface area contributed by atoms with Crippen LogP contribution in [0, 0.1) is 0 Å². The van der Waals surface area contributed by atoms with Crippen LogP contribution >= 0.6 is 11.6 Å². The van der Waals surface area contributed by atoms with E-state index in [-0.39, 0.29) is 23.2 Å². The summed E-state index contributed by atoms with van der Waals surface area (Å²) in [5, 5.41) is 11.7. The number of nitrogens with two attached hydrogens (primary N) is 1. The van der Waals surface area contributed by atoms with Gasteiger partial charge in [-0.3, -0.25) is 4.79 Å². The number of carbonyl (C=O) groups is 2. The number of nitrogens with zero attached hydrogens (tertiary/aromatic N) is 2. The Labute approximate surface area is 160 Å². The van der Waals surface area contributed by atoms with E-state index in [1.807, 2.05) is 4.90 Å². The van der Waals surface area contributed by atoms with Gasteiger partial charge in [0.15, 0.2) is 0 Å². The maximum atomic E-state index is 12.2. The van der Waals surface area contributed by atoms with Crippen LogP contribution in [0.2, 0.25) is 5.02 Å². The Kier molecular flexibility index (Phi) is 6.04. The fourth-order valence-corrected chi connectivity index (χ4v) is 3.78. The van der Waals surface area contributed by atoms with Crippen LogP contribution in [0.25, 0.3) is 0 Å². The van der Waals surface area contributed by atoms with E-state index < -0.39 is 17.7 Å². The zero-order chi connectivity index (χ0) is 19.4. The van der Waals surface area contributed by atoms with E-state index in [4.69, 9.17) is 22.1 Å². The number of halogens is 1. The van der Waals surface area contributed by atoms with Crippen molar-refractivity contribution in [1.82, 2.24) is 20.8 Å². The number of aromatic amines is 1. The molecule has 0 bridgehead atoms. The molecule has 1 aliphatic heterocycles. The molecular weight excluding hydrogens is 376 g/mol. The van der Waals surface area contributed by atoms with E-state index >= 15 is 0 Å². The van der Waals surface area contributed by atoms with Crippen molar-refractivity contribution in [1.29, 1.82) is 0 Å². The minimum Gasteiger partial charge on any atom is -0.444 e. The number of hydrogen-bond donors (Lipinski definition) is 4. The van der Waals surface area contributed by atoms with Crippen molar-refractivity contribution in [2.75, 3.05) is 18.0 Å². The zero-order valence-corrected chi connectivity index (χ0v) is 15.5. The van der Waals surface area contributed by atoms with E-state index in [1.165, 1.54) is 6.20 Å². The second-order valence-corrected chi connectivity index (χ2v) is 7.24. The van der Waals surface area contributed by atoms with Crippen molar-refractivity contribution in [3.05, 3.63) is 21.6 Å². The lowest BCUT2D eigenvalue weighted by molar-refractivity contribution is 0.102. The number of rotatable bonds is 4. The van der Waals surface area contributed by atoms with Crippen LogP contribution in [0.15, 0.2) is 11.0 Å². The number of H-pyrrole nitrogens is 1. The number of aromatic nitrogens is 2. The van der Waals surface area contributed by atoms with Gasteiger partial charge in [0.1, 0.15) is 11.1 Å². The Bertz CT molecular complexity index is 749. The molecule has 27 heavy (non-hydrogen) atoms. The highest BCUT2D eigenvalue weighted by atomic mass is 35.5. The minimum atomic E-state index is -0.521. The van der Waals surface area contributed by atoms with Crippen LogP contribution in [-0.2, 0) is 4.74 Å². The van der Waals surface area contributed by atoms with Crippen LogP contribution in [0.1, 0.15) is 32.1 Å². The SMILES string of the molecule is NC(=O)NC1CCC(NC(=O)O[C@@H]2CCN(c3cn[nH]c(=O)c3Cl)C2)CC1. The summed E-state index contributed by atoms with van der Waals surface area (Å²) in [5.41, 5.74) is 5.21. The monoisotopic (exact) mass is 398 g/mol. The lowest BCUT2D eigenvalue weighted by Gasteiger charge is -2.29. The highest BCUT2D eigenvalue weighted by molar-refractivity contribution is 6.33. The summed E-state index contributed by atoms with van der Waals surface area (Å²) in [6.45, 7) is 1.07. The fraction of sp³-hybridized carbons (Fsp3) is 0.625. The second-order valence-electron chi connectivity index (χ2n) is 6.86. The lowest BCUT2D eigenvalue weighted by atomic mass is 9.91. The number of hydrogen-bond acceptors (Lipinski definition) is 6.